The topological polar surface area (TPSA) is 94.2 Å². The predicted octanol–water partition coefficient (Wildman–Crippen LogP) is 0.341. The monoisotopic (exact) mass is 336 g/mol. The number of benzene rings is 1. The molecule has 0 spiro atoms. The normalized spacial score (nSPS) is 14.1. The summed E-state index contributed by atoms with van der Waals surface area (Å²) in [5.41, 5.74) is 2.15. The number of hydrogen-bond acceptors (Lipinski definition) is 6. The van der Waals surface area contributed by atoms with Crippen LogP contribution in [0.3, 0.4) is 0 Å². The van der Waals surface area contributed by atoms with Crippen molar-refractivity contribution in [2.45, 2.75) is 17.9 Å². The van der Waals surface area contributed by atoms with E-state index >= 15 is 0 Å². The van der Waals surface area contributed by atoms with Crippen LogP contribution in [0.4, 0.5) is 11.6 Å². The van der Waals surface area contributed by atoms with Crippen molar-refractivity contribution in [1.82, 2.24) is 19.9 Å². The lowest BCUT2D eigenvalue weighted by atomic mass is 10.2. The molecule has 1 aromatic carbocycles. The second-order valence-corrected chi connectivity index (χ2v) is 7.53. The Morgan fingerprint density at radius 3 is 2.87 bits per heavy atom. The predicted molar refractivity (Wildman–Crippen MR) is 88.2 cm³/mol. The van der Waals surface area contributed by atoms with E-state index in [1.165, 1.54) is 5.56 Å². The van der Waals surface area contributed by atoms with Gasteiger partial charge in [-0.1, -0.05) is 6.07 Å². The molecule has 2 heterocycles. The fourth-order valence-corrected chi connectivity index (χ4v) is 3.50. The van der Waals surface area contributed by atoms with Gasteiger partial charge in [-0.15, -0.1) is 5.10 Å². The van der Waals surface area contributed by atoms with Crippen LogP contribution in [-0.4, -0.2) is 51.3 Å². The molecule has 9 heteroatoms. The molecule has 0 fully saturated rings. The standard InChI is InChI=1S/C14H20N6O2S/c1-19(2)14-16-13(17-18-14)9-15-23(21,22)11-5-4-10-6-7-20(3)12(10)8-11/h4-5,8,15H,6-7,9H2,1-3H3,(H,16,17,18). The third kappa shape index (κ3) is 3.15. The number of aromatic amines is 1. The SMILES string of the molecule is CN(C)c1n[nH]c(CNS(=O)(=O)c2ccc3c(c2)N(C)CC3)n1. The van der Waals surface area contributed by atoms with Crippen molar-refractivity contribution in [3.8, 4) is 0 Å². The number of nitrogens with one attached hydrogen (secondary N) is 2. The molecular weight excluding hydrogens is 316 g/mol. The van der Waals surface area contributed by atoms with E-state index < -0.39 is 10.0 Å². The number of H-pyrrole nitrogens is 1. The van der Waals surface area contributed by atoms with Crippen LogP contribution in [0.25, 0.3) is 0 Å². The van der Waals surface area contributed by atoms with Gasteiger partial charge >= 0.3 is 0 Å². The Balaban J connectivity index is 1.75. The first-order valence-corrected chi connectivity index (χ1v) is 8.77. The molecule has 1 aliphatic rings. The van der Waals surface area contributed by atoms with Crippen LogP contribution in [-0.2, 0) is 23.0 Å². The Morgan fingerprint density at radius 2 is 2.17 bits per heavy atom. The lowest BCUT2D eigenvalue weighted by Crippen LogP contribution is -2.24. The largest absolute Gasteiger partial charge is 0.374 e. The Bertz CT molecular complexity index is 814. The van der Waals surface area contributed by atoms with Crippen molar-refractivity contribution < 1.29 is 8.42 Å². The number of aromatic nitrogens is 3. The maximum Gasteiger partial charge on any atom is 0.244 e. The molecule has 0 amide bonds. The minimum absolute atomic E-state index is 0.0656. The van der Waals surface area contributed by atoms with Gasteiger partial charge < -0.3 is 9.80 Å². The molecule has 0 radical (unpaired) electrons. The highest BCUT2D eigenvalue weighted by Crippen LogP contribution is 2.29. The van der Waals surface area contributed by atoms with Gasteiger partial charge in [-0.25, -0.2) is 13.1 Å². The van der Waals surface area contributed by atoms with Crippen molar-refractivity contribution in [3.63, 3.8) is 0 Å². The van der Waals surface area contributed by atoms with Crippen LogP contribution in [0.1, 0.15) is 11.4 Å². The highest BCUT2D eigenvalue weighted by Gasteiger charge is 2.21. The third-order valence-corrected chi connectivity index (χ3v) is 5.24. The average Bonchev–Trinajstić information content (AvgIpc) is 3.12. The summed E-state index contributed by atoms with van der Waals surface area (Å²) in [5, 5.41) is 6.72. The molecule has 0 unspecified atom stereocenters. The second-order valence-electron chi connectivity index (χ2n) is 5.76. The third-order valence-electron chi connectivity index (χ3n) is 3.84. The van der Waals surface area contributed by atoms with E-state index in [0.717, 1.165) is 18.7 Å². The summed E-state index contributed by atoms with van der Waals surface area (Å²) in [7, 11) is 2.01. The van der Waals surface area contributed by atoms with Gasteiger partial charge in [0.25, 0.3) is 0 Å². The van der Waals surface area contributed by atoms with Gasteiger partial charge in [0.2, 0.25) is 16.0 Å². The van der Waals surface area contributed by atoms with Crippen molar-refractivity contribution in [1.29, 1.82) is 0 Å². The van der Waals surface area contributed by atoms with Gasteiger partial charge in [0.15, 0.2) is 0 Å². The van der Waals surface area contributed by atoms with Crippen LogP contribution in [0.5, 0.6) is 0 Å². The van der Waals surface area contributed by atoms with Crippen LogP contribution >= 0.6 is 0 Å². The lowest BCUT2D eigenvalue weighted by molar-refractivity contribution is 0.579. The van der Waals surface area contributed by atoms with Gasteiger partial charge in [-0.3, -0.25) is 5.10 Å². The van der Waals surface area contributed by atoms with Crippen molar-refractivity contribution >= 4 is 21.7 Å². The van der Waals surface area contributed by atoms with Gasteiger partial charge in [0, 0.05) is 33.4 Å². The summed E-state index contributed by atoms with van der Waals surface area (Å²) in [4.78, 5) is 8.27. The van der Waals surface area contributed by atoms with E-state index in [1.54, 1.807) is 17.0 Å². The van der Waals surface area contributed by atoms with Crippen LogP contribution in [0, 0.1) is 0 Å². The molecule has 124 valence electrons. The highest BCUT2D eigenvalue weighted by molar-refractivity contribution is 7.89. The van der Waals surface area contributed by atoms with Crippen LogP contribution in [0.15, 0.2) is 23.1 Å². The zero-order valence-electron chi connectivity index (χ0n) is 13.4. The van der Waals surface area contributed by atoms with Crippen LogP contribution < -0.4 is 14.5 Å². The Kier molecular flexibility index (Phi) is 3.99. The molecule has 23 heavy (non-hydrogen) atoms. The summed E-state index contributed by atoms with van der Waals surface area (Å²) in [6.07, 6.45) is 0.949. The highest BCUT2D eigenvalue weighted by atomic mass is 32.2. The first kappa shape index (κ1) is 15.8. The van der Waals surface area contributed by atoms with E-state index in [0.29, 0.717) is 11.8 Å². The quantitative estimate of drug-likeness (QED) is 0.818. The Labute approximate surface area is 135 Å². The van der Waals surface area contributed by atoms with Gasteiger partial charge in [-0.05, 0) is 24.1 Å². The number of hydrogen-bond donors (Lipinski definition) is 2. The summed E-state index contributed by atoms with van der Waals surface area (Å²) >= 11 is 0. The smallest absolute Gasteiger partial charge is 0.244 e. The molecule has 0 saturated heterocycles. The fourth-order valence-electron chi connectivity index (χ4n) is 2.50. The molecule has 0 atom stereocenters. The van der Waals surface area contributed by atoms with Crippen LogP contribution in [0.2, 0.25) is 0 Å². The van der Waals surface area contributed by atoms with E-state index in [9.17, 15) is 8.42 Å². The van der Waals surface area contributed by atoms with E-state index in [2.05, 4.69) is 24.8 Å². The average molecular weight is 336 g/mol. The molecule has 0 aliphatic carbocycles. The number of sulfonamides is 1. The molecular formula is C14H20N6O2S. The molecule has 8 nitrogen and oxygen atoms in total. The number of anilines is 2. The summed E-state index contributed by atoms with van der Waals surface area (Å²) in [6.45, 7) is 0.980. The maximum absolute atomic E-state index is 12.5. The summed E-state index contributed by atoms with van der Waals surface area (Å²) in [6, 6.07) is 5.24. The van der Waals surface area contributed by atoms with Gasteiger partial charge in [0.1, 0.15) is 5.82 Å². The molecule has 3 rings (SSSR count). The minimum Gasteiger partial charge on any atom is -0.374 e. The van der Waals surface area contributed by atoms with Crippen molar-refractivity contribution in [2.75, 3.05) is 37.5 Å². The molecule has 0 bridgehead atoms. The number of rotatable bonds is 5. The van der Waals surface area contributed by atoms with E-state index in [-0.39, 0.29) is 11.4 Å². The molecule has 0 saturated carbocycles. The lowest BCUT2D eigenvalue weighted by Gasteiger charge is -2.13. The Hall–Kier alpha value is -2.13. The zero-order valence-corrected chi connectivity index (χ0v) is 14.2. The number of likely N-dealkylation sites (N-methyl/N-ethyl adjacent to an activating group) is 1. The van der Waals surface area contributed by atoms with Crippen molar-refractivity contribution in [2.24, 2.45) is 0 Å². The van der Waals surface area contributed by atoms with Gasteiger partial charge in [0.05, 0.1) is 11.4 Å². The zero-order chi connectivity index (χ0) is 16.6. The first-order chi connectivity index (χ1) is 10.9. The second kappa shape index (κ2) is 5.82. The fraction of sp³-hybridized carbons (Fsp3) is 0.429. The first-order valence-electron chi connectivity index (χ1n) is 7.29. The van der Waals surface area contributed by atoms with Gasteiger partial charge in [-0.2, -0.15) is 4.98 Å². The van der Waals surface area contributed by atoms with E-state index in [1.807, 2.05) is 27.2 Å². The van der Waals surface area contributed by atoms with E-state index in [4.69, 9.17) is 0 Å². The minimum atomic E-state index is -3.59. The number of nitrogens with zero attached hydrogens (tertiary/aromatic N) is 4. The van der Waals surface area contributed by atoms with Crippen molar-refractivity contribution in [3.05, 3.63) is 29.6 Å². The maximum atomic E-state index is 12.5. The molecule has 2 N–H and O–H groups in total. The number of fused-ring (bicyclic) bond motifs is 1. The summed E-state index contributed by atoms with van der Waals surface area (Å²) < 4.78 is 27.5. The molecule has 1 aliphatic heterocycles. The molecule has 2 aromatic rings. The Morgan fingerprint density at radius 1 is 1.39 bits per heavy atom. The molecule has 1 aromatic heterocycles. The summed E-state index contributed by atoms with van der Waals surface area (Å²) in [5.74, 6) is 0.980.